The molecule has 0 aliphatic rings. The lowest BCUT2D eigenvalue weighted by Gasteiger charge is -2.11. The largest absolute Gasteiger partial charge is 0.483 e. The van der Waals surface area contributed by atoms with Crippen molar-refractivity contribution in [2.24, 2.45) is 5.84 Å². The van der Waals surface area contributed by atoms with Gasteiger partial charge in [-0.25, -0.2) is 5.84 Å². The molecule has 4 nitrogen and oxygen atoms in total. The lowest BCUT2D eigenvalue weighted by Crippen LogP contribution is -2.34. The molecule has 82 valence electrons. The zero-order valence-corrected chi connectivity index (χ0v) is 10.2. The third-order valence-corrected chi connectivity index (χ3v) is 2.39. The molecule has 15 heavy (non-hydrogen) atoms. The lowest BCUT2D eigenvalue weighted by atomic mass is 10.1. The highest BCUT2D eigenvalue weighted by Crippen LogP contribution is 2.27. The van der Waals surface area contributed by atoms with Gasteiger partial charge in [-0.15, -0.1) is 0 Å². The third kappa shape index (κ3) is 3.21. The highest BCUT2D eigenvalue weighted by Gasteiger charge is 2.07. The van der Waals surface area contributed by atoms with E-state index in [1.807, 2.05) is 31.4 Å². The molecule has 0 saturated heterocycles. The molecule has 0 atom stereocenters. The first kappa shape index (κ1) is 12.0. The van der Waals surface area contributed by atoms with Gasteiger partial charge < -0.3 is 4.74 Å². The van der Waals surface area contributed by atoms with Gasteiger partial charge in [-0.2, -0.15) is 0 Å². The van der Waals surface area contributed by atoms with E-state index in [-0.39, 0.29) is 12.5 Å². The molecule has 1 aromatic carbocycles. The molecule has 0 radical (unpaired) electrons. The van der Waals surface area contributed by atoms with Gasteiger partial charge in [0, 0.05) is 4.47 Å². The number of nitrogens with two attached hydrogens (primary N) is 1. The van der Waals surface area contributed by atoms with E-state index in [9.17, 15) is 4.79 Å². The van der Waals surface area contributed by atoms with Gasteiger partial charge in [0.15, 0.2) is 6.61 Å². The summed E-state index contributed by atoms with van der Waals surface area (Å²) in [5, 5.41) is 0. The molecule has 0 aromatic heterocycles. The fraction of sp³-hybridized carbons (Fsp3) is 0.300. The zero-order chi connectivity index (χ0) is 11.4. The van der Waals surface area contributed by atoms with Crippen LogP contribution in [0.1, 0.15) is 11.1 Å². The number of ether oxygens (including phenoxy) is 1. The molecule has 5 heteroatoms. The molecular weight excluding hydrogens is 260 g/mol. The van der Waals surface area contributed by atoms with E-state index in [1.165, 1.54) is 0 Å². The topological polar surface area (TPSA) is 64.3 Å². The average molecular weight is 273 g/mol. The molecular formula is C10H13BrN2O2. The van der Waals surface area contributed by atoms with Crippen molar-refractivity contribution in [1.29, 1.82) is 0 Å². The number of carbonyl (C=O) groups is 1. The van der Waals surface area contributed by atoms with Crippen molar-refractivity contribution in [3.63, 3.8) is 0 Å². The number of rotatable bonds is 3. The monoisotopic (exact) mass is 272 g/mol. The summed E-state index contributed by atoms with van der Waals surface area (Å²) in [5.74, 6) is 5.32. The second-order valence-corrected chi connectivity index (χ2v) is 4.14. The maximum atomic E-state index is 10.9. The number of nitrogens with one attached hydrogen (secondary N) is 1. The number of hydrogen-bond donors (Lipinski definition) is 2. The molecule has 1 amide bonds. The van der Waals surface area contributed by atoms with Crippen molar-refractivity contribution < 1.29 is 9.53 Å². The van der Waals surface area contributed by atoms with Crippen LogP contribution in [0.25, 0.3) is 0 Å². The molecule has 1 aromatic rings. The SMILES string of the molecule is Cc1cc(Br)cc(C)c1OCC(=O)NN. The quantitative estimate of drug-likeness (QED) is 0.497. The summed E-state index contributed by atoms with van der Waals surface area (Å²) >= 11 is 3.39. The fourth-order valence-corrected chi connectivity index (χ4v) is 1.99. The summed E-state index contributed by atoms with van der Waals surface area (Å²) in [6.07, 6.45) is 0. The zero-order valence-electron chi connectivity index (χ0n) is 8.63. The molecule has 0 bridgehead atoms. The molecule has 1 rings (SSSR count). The Morgan fingerprint density at radius 2 is 2.00 bits per heavy atom. The molecule has 0 aliphatic heterocycles. The van der Waals surface area contributed by atoms with E-state index in [0.29, 0.717) is 0 Å². The highest BCUT2D eigenvalue weighted by atomic mass is 79.9. The Balaban J connectivity index is 2.81. The minimum absolute atomic E-state index is 0.0696. The van der Waals surface area contributed by atoms with Gasteiger partial charge in [0.1, 0.15) is 5.75 Å². The minimum atomic E-state index is -0.350. The van der Waals surface area contributed by atoms with Gasteiger partial charge in [0.25, 0.3) is 5.91 Å². The number of aryl methyl sites for hydroxylation is 2. The number of halogens is 1. The van der Waals surface area contributed by atoms with Crippen molar-refractivity contribution in [2.45, 2.75) is 13.8 Å². The highest BCUT2D eigenvalue weighted by molar-refractivity contribution is 9.10. The Labute approximate surface area is 96.9 Å². The predicted octanol–water partition coefficient (Wildman–Crippen LogP) is 1.43. The van der Waals surface area contributed by atoms with Crippen molar-refractivity contribution in [3.8, 4) is 5.75 Å². The van der Waals surface area contributed by atoms with Gasteiger partial charge in [0.2, 0.25) is 0 Å². The van der Waals surface area contributed by atoms with Crippen molar-refractivity contribution in [1.82, 2.24) is 5.43 Å². The van der Waals surface area contributed by atoms with Gasteiger partial charge in [0.05, 0.1) is 0 Å². The Morgan fingerprint density at radius 1 is 1.47 bits per heavy atom. The van der Waals surface area contributed by atoms with Crippen LogP contribution in [0.3, 0.4) is 0 Å². The van der Waals surface area contributed by atoms with Gasteiger partial charge >= 0.3 is 0 Å². The molecule has 0 aliphatic carbocycles. The van der Waals surface area contributed by atoms with Crippen LogP contribution in [0.5, 0.6) is 5.75 Å². The predicted molar refractivity (Wildman–Crippen MR) is 61.4 cm³/mol. The van der Waals surface area contributed by atoms with E-state index in [2.05, 4.69) is 15.9 Å². The number of carbonyl (C=O) groups excluding carboxylic acids is 1. The van der Waals surface area contributed by atoms with Gasteiger partial charge in [-0.05, 0) is 37.1 Å². The Hall–Kier alpha value is -1.07. The van der Waals surface area contributed by atoms with Crippen LogP contribution in [-0.4, -0.2) is 12.5 Å². The van der Waals surface area contributed by atoms with Crippen LogP contribution in [-0.2, 0) is 4.79 Å². The average Bonchev–Trinajstić information content (AvgIpc) is 2.15. The van der Waals surface area contributed by atoms with Gasteiger partial charge in [-0.3, -0.25) is 10.2 Å². The van der Waals surface area contributed by atoms with E-state index in [4.69, 9.17) is 10.6 Å². The summed E-state index contributed by atoms with van der Waals surface area (Å²) in [6.45, 7) is 3.78. The third-order valence-electron chi connectivity index (χ3n) is 1.93. The molecule has 0 heterocycles. The standard InChI is InChI=1S/C10H13BrN2O2/c1-6-3-8(11)4-7(2)10(6)15-5-9(14)13-12/h3-4H,5,12H2,1-2H3,(H,13,14). The first-order valence-corrected chi connectivity index (χ1v) is 5.23. The van der Waals surface area contributed by atoms with Crippen LogP contribution in [0.2, 0.25) is 0 Å². The minimum Gasteiger partial charge on any atom is -0.483 e. The van der Waals surface area contributed by atoms with Crippen LogP contribution in [0.4, 0.5) is 0 Å². The second kappa shape index (κ2) is 5.14. The summed E-state index contributed by atoms with van der Waals surface area (Å²) in [7, 11) is 0. The molecule has 0 fully saturated rings. The van der Waals surface area contributed by atoms with Crippen LogP contribution in [0, 0.1) is 13.8 Å². The van der Waals surface area contributed by atoms with E-state index in [1.54, 1.807) is 0 Å². The Morgan fingerprint density at radius 3 is 2.47 bits per heavy atom. The summed E-state index contributed by atoms with van der Waals surface area (Å²) in [5.41, 5.74) is 3.97. The molecule has 0 saturated carbocycles. The number of hydrazine groups is 1. The second-order valence-electron chi connectivity index (χ2n) is 3.22. The fourth-order valence-electron chi connectivity index (χ4n) is 1.30. The summed E-state index contributed by atoms with van der Waals surface area (Å²) in [6, 6.07) is 3.87. The van der Waals surface area contributed by atoms with Crippen LogP contribution in [0.15, 0.2) is 16.6 Å². The lowest BCUT2D eigenvalue weighted by molar-refractivity contribution is -0.123. The van der Waals surface area contributed by atoms with Gasteiger partial charge in [-0.1, -0.05) is 15.9 Å². The summed E-state index contributed by atoms with van der Waals surface area (Å²) in [4.78, 5) is 10.9. The van der Waals surface area contributed by atoms with E-state index in [0.717, 1.165) is 21.3 Å². The normalized spacial score (nSPS) is 9.87. The van der Waals surface area contributed by atoms with Crippen molar-refractivity contribution in [3.05, 3.63) is 27.7 Å². The van der Waals surface area contributed by atoms with E-state index >= 15 is 0 Å². The number of amides is 1. The summed E-state index contributed by atoms with van der Waals surface area (Å²) < 4.78 is 6.36. The Kier molecular flexibility index (Phi) is 4.11. The van der Waals surface area contributed by atoms with Crippen molar-refractivity contribution >= 4 is 21.8 Å². The smallest absolute Gasteiger partial charge is 0.271 e. The maximum Gasteiger partial charge on any atom is 0.271 e. The molecule has 3 N–H and O–H groups in total. The first-order chi connectivity index (χ1) is 7.04. The van der Waals surface area contributed by atoms with E-state index < -0.39 is 0 Å². The van der Waals surface area contributed by atoms with Crippen LogP contribution >= 0.6 is 15.9 Å². The van der Waals surface area contributed by atoms with Crippen molar-refractivity contribution in [2.75, 3.05) is 6.61 Å². The molecule has 0 spiro atoms. The number of benzene rings is 1. The number of hydrogen-bond acceptors (Lipinski definition) is 3. The first-order valence-electron chi connectivity index (χ1n) is 4.43. The van der Waals surface area contributed by atoms with Crippen LogP contribution < -0.4 is 16.0 Å². The Bertz CT molecular complexity index is 357. The molecule has 0 unspecified atom stereocenters. The maximum absolute atomic E-state index is 10.9.